The molecule has 0 atom stereocenters. The van der Waals surface area contributed by atoms with E-state index < -0.39 is 0 Å². The van der Waals surface area contributed by atoms with E-state index >= 15 is 0 Å². The molecule has 2 aromatic heterocycles. The number of rotatable bonds is 5. The van der Waals surface area contributed by atoms with E-state index in [1.54, 1.807) is 24.2 Å². The van der Waals surface area contributed by atoms with Crippen LogP contribution in [0.3, 0.4) is 0 Å². The Morgan fingerprint density at radius 1 is 1.28 bits per heavy atom. The van der Waals surface area contributed by atoms with Gasteiger partial charge in [-0.1, -0.05) is 0 Å². The number of nitrogens with two attached hydrogens (primary N) is 3. The van der Waals surface area contributed by atoms with Gasteiger partial charge in [0, 0.05) is 31.0 Å². The molecule has 25 heavy (non-hydrogen) atoms. The number of aromatic nitrogens is 3. The van der Waals surface area contributed by atoms with Gasteiger partial charge in [-0.2, -0.15) is 5.10 Å². The highest BCUT2D eigenvalue weighted by molar-refractivity contribution is 5.93. The van der Waals surface area contributed by atoms with Gasteiger partial charge in [-0.15, -0.1) is 0 Å². The molecule has 6 N–H and O–H groups in total. The van der Waals surface area contributed by atoms with Crippen molar-refractivity contribution >= 4 is 11.7 Å². The van der Waals surface area contributed by atoms with Gasteiger partial charge in [0.2, 0.25) is 0 Å². The van der Waals surface area contributed by atoms with E-state index in [0.29, 0.717) is 17.9 Å². The van der Waals surface area contributed by atoms with Gasteiger partial charge in [-0.25, -0.2) is 4.68 Å². The van der Waals surface area contributed by atoms with Gasteiger partial charge < -0.3 is 22.1 Å². The Bertz CT molecular complexity index is 814. The van der Waals surface area contributed by atoms with Gasteiger partial charge in [0.15, 0.2) is 5.69 Å². The normalized spacial score (nSPS) is 11.2. The van der Waals surface area contributed by atoms with Crippen LogP contribution in [0.15, 0.2) is 42.4 Å². The van der Waals surface area contributed by atoms with E-state index in [0.717, 1.165) is 11.3 Å². The maximum atomic E-state index is 12.4. The minimum atomic E-state index is -0.191. The molecule has 0 aromatic carbocycles. The van der Waals surface area contributed by atoms with Crippen molar-refractivity contribution < 1.29 is 4.79 Å². The molecule has 0 saturated heterocycles. The molecule has 0 unspecified atom stereocenters. The molecule has 0 bridgehead atoms. The molecule has 0 aliphatic carbocycles. The van der Waals surface area contributed by atoms with Crippen LogP contribution in [0.5, 0.6) is 0 Å². The van der Waals surface area contributed by atoms with Crippen molar-refractivity contribution in [1.29, 1.82) is 0 Å². The van der Waals surface area contributed by atoms with Crippen LogP contribution >= 0.6 is 0 Å². The number of aryl methyl sites for hydroxylation is 1. The van der Waals surface area contributed by atoms with Crippen molar-refractivity contribution in [3.63, 3.8) is 0 Å². The summed E-state index contributed by atoms with van der Waals surface area (Å²) in [4.78, 5) is 18.3. The lowest BCUT2D eigenvalue weighted by molar-refractivity contribution is 0.0796. The maximum Gasteiger partial charge on any atom is 0.274 e. The predicted molar refractivity (Wildman–Crippen MR) is 97.7 cm³/mol. The summed E-state index contributed by atoms with van der Waals surface area (Å²) in [5, 5.41) is 4.35. The van der Waals surface area contributed by atoms with Crippen molar-refractivity contribution in [1.82, 2.24) is 19.7 Å². The Balaban J connectivity index is 2.57. The third-order valence-corrected chi connectivity index (χ3v) is 3.65. The molecule has 2 aromatic rings. The molecular weight excluding hydrogens is 318 g/mol. The Morgan fingerprint density at radius 3 is 2.56 bits per heavy atom. The summed E-state index contributed by atoms with van der Waals surface area (Å²) in [5.74, 6) is 0.210. The molecule has 0 fully saturated rings. The van der Waals surface area contributed by atoms with E-state index in [4.69, 9.17) is 17.2 Å². The van der Waals surface area contributed by atoms with Crippen molar-refractivity contribution in [3.8, 4) is 11.3 Å². The third-order valence-electron chi connectivity index (χ3n) is 3.65. The average Bonchev–Trinajstić information content (AvgIpc) is 3.04. The predicted octanol–water partition coefficient (Wildman–Crippen LogP) is 0.861. The topological polar surface area (TPSA) is 129 Å². The summed E-state index contributed by atoms with van der Waals surface area (Å²) < 4.78 is 1.47. The van der Waals surface area contributed by atoms with E-state index in [1.807, 2.05) is 26.0 Å². The average molecular weight is 341 g/mol. The number of amides is 1. The molecule has 132 valence electrons. The molecule has 0 saturated carbocycles. The summed E-state index contributed by atoms with van der Waals surface area (Å²) in [7, 11) is 1.71. The first-order valence-corrected chi connectivity index (χ1v) is 7.80. The first-order chi connectivity index (χ1) is 11.8. The van der Waals surface area contributed by atoms with Crippen molar-refractivity contribution in [3.05, 3.63) is 53.8 Å². The van der Waals surface area contributed by atoms with Gasteiger partial charge in [-0.3, -0.25) is 9.78 Å². The first-order valence-electron chi connectivity index (χ1n) is 7.80. The first kappa shape index (κ1) is 18.1. The zero-order valence-electron chi connectivity index (χ0n) is 14.6. The minimum absolute atomic E-state index is 0.121. The Labute approximate surface area is 146 Å². The SMILES string of the molecule is CCN(C)C(=O)c1cc(-c2ccc(C)nc2)n(/C(N)=C/C=C(N)N)n1. The van der Waals surface area contributed by atoms with Gasteiger partial charge in [0.25, 0.3) is 5.91 Å². The molecule has 0 radical (unpaired) electrons. The van der Waals surface area contributed by atoms with Gasteiger partial charge in [0.1, 0.15) is 5.82 Å². The van der Waals surface area contributed by atoms with Crippen LogP contribution in [0.1, 0.15) is 23.1 Å². The quantitative estimate of drug-likeness (QED) is 0.692. The summed E-state index contributed by atoms with van der Waals surface area (Å²) in [6.45, 7) is 4.36. The monoisotopic (exact) mass is 341 g/mol. The smallest absolute Gasteiger partial charge is 0.274 e. The van der Waals surface area contributed by atoms with E-state index in [1.165, 1.54) is 16.8 Å². The Kier molecular flexibility index (Phi) is 5.43. The number of hydrogen-bond acceptors (Lipinski definition) is 6. The fourth-order valence-corrected chi connectivity index (χ4v) is 2.10. The number of nitrogens with zero attached hydrogens (tertiary/aromatic N) is 4. The summed E-state index contributed by atoms with van der Waals surface area (Å²) in [6, 6.07) is 5.47. The van der Waals surface area contributed by atoms with Gasteiger partial charge in [-0.05, 0) is 44.2 Å². The molecular formula is C17H23N7O. The van der Waals surface area contributed by atoms with Crippen LogP contribution in [0, 0.1) is 6.92 Å². The van der Waals surface area contributed by atoms with E-state index in [2.05, 4.69) is 10.1 Å². The van der Waals surface area contributed by atoms with Gasteiger partial charge in [0.05, 0.1) is 11.5 Å². The number of allylic oxidation sites excluding steroid dienone is 2. The largest absolute Gasteiger partial charge is 0.386 e. The highest BCUT2D eigenvalue weighted by Crippen LogP contribution is 2.22. The van der Waals surface area contributed by atoms with Crippen LogP contribution in [0.2, 0.25) is 0 Å². The van der Waals surface area contributed by atoms with E-state index in [-0.39, 0.29) is 17.5 Å². The second-order valence-electron chi connectivity index (χ2n) is 5.59. The van der Waals surface area contributed by atoms with Crippen molar-refractivity contribution in [2.24, 2.45) is 17.2 Å². The van der Waals surface area contributed by atoms with Crippen molar-refractivity contribution in [2.45, 2.75) is 13.8 Å². The lowest BCUT2D eigenvalue weighted by Crippen LogP contribution is -2.26. The highest BCUT2D eigenvalue weighted by atomic mass is 16.2. The molecule has 0 aliphatic heterocycles. The summed E-state index contributed by atoms with van der Waals surface area (Å²) >= 11 is 0. The summed E-state index contributed by atoms with van der Waals surface area (Å²) in [5.41, 5.74) is 19.6. The van der Waals surface area contributed by atoms with Crippen LogP contribution in [-0.2, 0) is 0 Å². The fraction of sp³-hybridized carbons (Fsp3) is 0.235. The van der Waals surface area contributed by atoms with Gasteiger partial charge >= 0.3 is 0 Å². The van der Waals surface area contributed by atoms with Crippen LogP contribution < -0.4 is 17.2 Å². The zero-order valence-corrected chi connectivity index (χ0v) is 14.6. The Morgan fingerprint density at radius 2 is 2.00 bits per heavy atom. The minimum Gasteiger partial charge on any atom is -0.386 e. The molecule has 2 rings (SSSR count). The lowest BCUT2D eigenvalue weighted by atomic mass is 10.2. The van der Waals surface area contributed by atoms with E-state index in [9.17, 15) is 4.79 Å². The molecule has 0 aliphatic rings. The molecule has 1 amide bonds. The highest BCUT2D eigenvalue weighted by Gasteiger charge is 2.19. The van der Waals surface area contributed by atoms with Crippen molar-refractivity contribution in [2.75, 3.05) is 13.6 Å². The van der Waals surface area contributed by atoms with Crippen LogP contribution in [0.25, 0.3) is 17.1 Å². The lowest BCUT2D eigenvalue weighted by Gasteiger charge is -2.11. The standard InChI is InChI=1S/C17H23N7O/c1-4-23(3)17(25)13-9-14(12-6-5-11(2)21-10-12)24(22-13)16(20)8-7-15(18)19/h5-10H,4,18-20H2,1-3H3/b16-8+. The number of carbonyl (C=O) groups excluding carboxylic acids is 1. The third kappa shape index (κ3) is 4.17. The maximum absolute atomic E-state index is 12.4. The molecule has 2 heterocycles. The second kappa shape index (κ2) is 7.52. The zero-order chi connectivity index (χ0) is 18.6. The molecule has 0 spiro atoms. The van der Waals surface area contributed by atoms with Crippen LogP contribution in [0.4, 0.5) is 0 Å². The number of hydrogen-bond donors (Lipinski definition) is 3. The second-order valence-corrected chi connectivity index (χ2v) is 5.59. The fourth-order valence-electron chi connectivity index (χ4n) is 2.10. The summed E-state index contributed by atoms with van der Waals surface area (Å²) in [6.07, 6.45) is 4.71. The molecule has 8 nitrogen and oxygen atoms in total. The number of carbonyl (C=O) groups is 1. The number of pyridine rings is 1. The Hall–Kier alpha value is -3.29. The molecule has 8 heteroatoms. The van der Waals surface area contributed by atoms with Crippen LogP contribution in [-0.4, -0.2) is 39.2 Å².